The molecule has 6 heteroatoms. The predicted molar refractivity (Wildman–Crippen MR) is 131 cm³/mol. The van der Waals surface area contributed by atoms with Gasteiger partial charge in [-0.25, -0.2) is 4.68 Å². The number of carbonyl (C=O) groups is 1. The monoisotopic (exact) mass is 438 g/mol. The molecule has 2 heterocycles. The summed E-state index contributed by atoms with van der Waals surface area (Å²) in [4.78, 5) is 30.3. The number of para-hydroxylation sites is 1. The average molecular weight is 439 g/mol. The number of carbonyl (C=O) groups excluding carboxylic acids is 1. The number of fused-ring (bicyclic) bond motifs is 1. The second kappa shape index (κ2) is 8.90. The molecule has 166 valence electrons. The number of rotatable bonds is 4. The smallest absolute Gasteiger partial charge is 0.275 e. The molecule has 1 aromatic heterocycles. The first-order valence-corrected chi connectivity index (χ1v) is 11.2. The van der Waals surface area contributed by atoms with Gasteiger partial charge in [0.25, 0.3) is 5.56 Å². The highest BCUT2D eigenvalue weighted by atomic mass is 16.2. The van der Waals surface area contributed by atoms with Gasteiger partial charge in [-0.05, 0) is 25.1 Å². The summed E-state index contributed by atoms with van der Waals surface area (Å²) < 4.78 is 1.32. The number of amides is 1. The first kappa shape index (κ1) is 20.9. The van der Waals surface area contributed by atoms with Crippen molar-refractivity contribution in [3.05, 3.63) is 94.8 Å². The predicted octanol–water partition coefficient (Wildman–Crippen LogP) is 3.72. The standard InChI is InChI=1S/C27H26N4O2/c1-20-11-13-21(14-12-20)26-23-9-5-6-10-24(23)27(33)31(28-26)19-25(32)30-17-15-29(16-18-30)22-7-3-2-4-8-22/h2-14H,15-19H2,1H3. The van der Waals surface area contributed by atoms with E-state index in [1.807, 2.05) is 72.5 Å². The van der Waals surface area contributed by atoms with Crippen LogP contribution in [0.15, 0.2) is 83.7 Å². The van der Waals surface area contributed by atoms with Gasteiger partial charge < -0.3 is 9.80 Å². The molecular formula is C27H26N4O2. The highest BCUT2D eigenvalue weighted by molar-refractivity contribution is 5.94. The molecule has 3 aromatic carbocycles. The number of hydrogen-bond donors (Lipinski definition) is 0. The van der Waals surface area contributed by atoms with Crippen LogP contribution in [-0.4, -0.2) is 46.8 Å². The fraction of sp³-hybridized carbons (Fsp3) is 0.222. The average Bonchev–Trinajstić information content (AvgIpc) is 2.87. The largest absolute Gasteiger partial charge is 0.368 e. The molecule has 33 heavy (non-hydrogen) atoms. The van der Waals surface area contributed by atoms with Crippen molar-refractivity contribution >= 4 is 22.4 Å². The maximum atomic E-state index is 13.1. The zero-order chi connectivity index (χ0) is 22.8. The van der Waals surface area contributed by atoms with E-state index >= 15 is 0 Å². The van der Waals surface area contributed by atoms with Crippen LogP contribution in [0.3, 0.4) is 0 Å². The van der Waals surface area contributed by atoms with E-state index in [1.54, 1.807) is 6.07 Å². The number of anilines is 1. The summed E-state index contributed by atoms with van der Waals surface area (Å²) >= 11 is 0. The maximum absolute atomic E-state index is 13.1. The highest BCUT2D eigenvalue weighted by Gasteiger charge is 2.23. The van der Waals surface area contributed by atoms with E-state index in [0.29, 0.717) is 24.2 Å². The summed E-state index contributed by atoms with van der Waals surface area (Å²) in [5.41, 5.74) is 3.72. The van der Waals surface area contributed by atoms with Gasteiger partial charge in [-0.15, -0.1) is 0 Å². The molecule has 0 unspecified atom stereocenters. The summed E-state index contributed by atoms with van der Waals surface area (Å²) in [6.45, 7) is 4.76. The number of aryl methyl sites for hydroxylation is 1. The molecule has 0 atom stereocenters. The van der Waals surface area contributed by atoms with Gasteiger partial charge in [0.05, 0.1) is 11.1 Å². The van der Waals surface area contributed by atoms with Crippen LogP contribution < -0.4 is 10.5 Å². The van der Waals surface area contributed by atoms with Gasteiger partial charge in [0.2, 0.25) is 5.91 Å². The summed E-state index contributed by atoms with van der Waals surface area (Å²) in [6.07, 6.45) is 0. The normalized spacial score (nSPS) is 14.0. The van der Waals surface area contributed by atoms with Crippen LogP contribution in [0, 0.1) is 6.92 Å². The summed E-state index contributed by atoms with van der Waals surface area (Å²) in [7, 11) is 0. The molecule has 5 rings (SSSR count). The Hall–Kier alpha value is -3.93. The van der Waals surface area contributed by atoms with Gasteiger partial charge in [-0.2, -0.15) is 5.10 Å². The van der Waals surface area contributed by atoms with Crippen molar-refractivity contribution in [2.24, 2.45) is 0 Å². The molecule has 0 saturated carbocycles. The van der Waals surface area contributed by atoms with Crippen molar-refractivity contribution in [2.75, 3.05) is 31.1 Å². The highest BCUT2D eigenvalue weighted by Crippen LogP contribution is 2.25. The fourth-order valence-electron chi connectivity index (χ4n) is 4.35. The van der Waals surface area contributed by atoms with E-state index in [1.165, 1.54) is 10.4 Å². The van der Waals surface area contributed by atoms with E-state index < -0.39 is 0 Å². The molecule has 1 aliphatic rings. The van der Waals surface area contributed by atoms with Gasteiger partial charge in [0.1, 0.15) is 6.54 Å². The lowest BCUT2D eigenvalue weighted by Crippen LogP contribution is -2.50. The lowest BCUT2D eigenvalue weighted by atomic mass is 10.0. The minimum Gasteiger partial charge on any atom is -0.368 e. The van der Waals surface area contributed by atoms with E-state index in [-0.39, 0.29) is 18.0 Å². The number of hydrogen-bond acceptors (Lipinski definition) is 4. The molecule has 1 amide bonds. The van der Waals surface area contributed by atoms with Crippen LogP contribution in [0.5, 0.6) is 0 Å². The Morgan fingerprint density at radius 1 is 0.818 bits per heavy atom. The van der Waals surface area contributed by atoms with Crippen LogP contribution in [-0.2, 0) is 11.3 Å². The fourth-order valence-corrected chi connectivity index (χ4v) is 4.35. The number of piperazine rings is 1. The Labute approximate surface area is 192 Å². The minimum atomic E-state index is -0.238. The van der Waals surface area contributed by atoms with Gasteiger partial charge in [0.15, 0.2) is 0 Å². The van der Waals surface area contributed by atoms with Crippen LogP contribution in [0.25, 0.3) is 22.0 Å². The summed E-state index contributed by atoms with van der Waals surface area (Å²) in [6, 6.07) is 25.7. The Balaban J connectivity index is 1.40. The molecule has 0 bridgehead atoms. The third-order valence-corrected chi connectivity index (χ3v) is 6.23. The van der Waals surface area contributed by atoms with E-state index in [0.717, 1.165) is 29.6 Å². The minimum absolute atomic E-state index is 0.0616. The van der Waals surface area contributed by atoms with Crippen molar-refractivity contribution < 1.29 is 4.79 Å². The molecular weight excluding hydrogens is 412 g/mol. The van der Waals surface area contributed by atoms with E-state index in [2.05, 4.69) is 22.1 Å². The SMILES string of the molecule is Cc1ccc(-c2nn(CC(=O)N3CCN(c4ccccc4)CC3)c(=O)c3ccccc23)cc1. The van der Waals surface area contributed by atoms with Gasteiger partial charge >= 0.3 is 0 Å². The third-order valence-electron chi connectivity index (χ3n) is 6.23. The van der Waals surface area contributed by atoms with E-state index in [9.17, 15) is 9.59 Å². The van der Waals surface area contributed by atoms with Crippen molar-refractivity contribution in [1.29, 1.82) is 0 Å². The Kier molecular flexibility index (Phi) is 5.65. The molecule has 1 fully saturated rings. The number of aromatic nitrogens is 2. The maximum Gasteiger partial charge on any atom is 0.275 e. The first-order valence-electron chi connectivity index (χ1n) is 11.2. The van der Waals surface area contributed by atoms with Gasteiger partial charge in [0, 0.05) is 42.8 Å². The third kappa shape index (κ3) is 4.24. The Bertz CT molecular complexity index is 1340. The van der Waals surface area contributed by atoms with Crippen LogP contribution in [0.4, 0.5) is 5.69 Å². The van der Waals surface area contributed by atoms with Crippen LogP contribution in [0.2, 0.25) is 0 Å². The molecule has 0 N–H and O–H groups in total. The van der Waals surface area contributed by atoms with Gasteiger partial charge in [-0.1, -0.05) is 66.2 Å². The molecule has 6 nitrogen and oxygen atoms in total. The number of benzene rings is 3. The van der Waals surface area contributed by atoms with Gasteiger partial charge in [-0.3, -0.25) is 9.59 Å². The summed E-state index contributed by atoms with van der Waals surface area (Å²) in [5.74, 6) is -0.0811. The molecule has 1 saturated heterocycles. The zero-order valence-corrected chi connectivity index (χ0v) is 18.6. The Morgan fingerprint density at radius 3 is 2.15 bits per heavy atom. The second-order valence-electron chi connectivity index (χ2n) is 8.43. The first-order chi connectivity index (χ1) is 16.1. The topological polar surface area (TPSA) is 58.4 Å². The van der Waals surface area contributed by atoms with Crippen molar-refractivity contribution in [1.82, 2.24) is 14.7 Å². The molecule has 4 aromatic rings. The lowest BCUT2D eigenvalue weighted by molar-refractivity contribution is -0.132. The summed E-state index contributed by atoms with van der Waals surface area (Å²) in [5, 5.41) is 6.02. The quantitative estimate of drug-likeness (QED) is 0.487. The van der Waals surface area contributed by atoms with E-state index in [4.69, 9.17) is 0 Å². The Morgan fingerprint density at radius 2 is 1.45 bits per heavy atom. The number of nitrogens with zero attached hydrogens (tertiary/aromatic N) is 4. The molecule has 0 spiro atoms. The van der Waals surface area contributed by atoms with Crippen LogP contribution in [0.1, 0.15) is 5.56 Å². The zero-order valence-electron chi connectivity index (χ0n) is 18.6. The van der Waals surface area contributed by atoms with Crippen molar-refractivity contribution in [3.8, 4) is 11.3 Å². The molecule has 1 aliphatic heterocycles. The molecule has 0 aliphatic carbocycles. The van der Waals surface area contributed by atoms with Crippen molar-refractivity contribution in [2.45, 2.75) is 13.5 Å². The molecule has 0 radical (unpaired) electrons. The van der Waals surface area contributed by atoms with Crippen LogP contribution >= 0.6 is 0 Å². The van der Waals surface area contributed by atoms with Crippen molar-refractivity contribution in [3.63, 3.8) is 0 Å². The lowest BCUT2D eigenvalue weighted by Gasteiger charge is -2.36. The second-order valence-corrected chi connectivity index (χ2v) is 8.43.